The van der Waals surface area contributed by atoms with Gasteiger partial charge in [-0.2, -0.15) is 18.4 Å². The van der Waals surface area contributed by atoms with E-state index >= 15 is 4.39 Å². The smallest absolute Gasteiger partial charge is 0.417 e. The van der Waals surface area contributed by atoms with Crippen molar-refractivity contribution >= 4 is 63.7 Å². The number of carbonyl (C=O) groups is 4. The van der Waals surface area contributed by atoms with Gasteiger partial charge in [0.15, 0.2) is 16.7 Å². The second-order valence-electron chi connectivity index (χ2n) is 19.1. The van der Waals surface area contributed by atoms with Gasteiger partial charge in [0.2, 0.25) is 17.7 Å². The van der Waals surface area contributed by atoms with Crippen LogP contribution in [-0.4, -0.2) is 107 Å². The number of nitrogens with one attached hydrogen (secondary N) is 2. The Hall–Kier alpha value is -6.05. The normalized spacial score (nSPS) is 17.3. The summed E-state index contributed by atoms with van der Waals surface area (Å²) in [6.45, 7) is 11.6. The fourth-order valence-electron chi connectivity index (χ4n) is 8.35. The third-order valence-electron chi connectivity index (χ3n) is 12.2. The minimum absolute atomic E-state index is 0.0419. The second kappa shape index (κ2) is 23.7. The van der Waals surface area contributed by atoms with Crippen molar-refractivity contribution in [2.45, 2.75) is 110 Å². The summed E-state index contributed by atoms with van der Waals surface area (Å²) in [6.07, 6.45) is -3.26. The molecule has 2 aliphatic heterocycles. The van der Waals surface area contributed by atoms with Gasteiger partial charge in [0.25, 0.3) is 5.91 Å². The summed E-state index contributed by atoms with van der Waals surface area (Å²) in [5.41, 5.74) is 0.719. The molecule has 3 aromatic carbocycles. The van der Waals surface area contributed by atoms with Crippen molar-refractivity contribution < 1.29 is 56.1 Å². The topological polar surface area (TPSA) is 187 Å². The lowest BCUT2D eigenvalue weighted by atomic mass is 9.85. The molecular weight excluding hydrogens is 979 g/mol. The van der Waals surface area contributed by atoms with Crippen molar-refractivity contribution in [1.82, 2.24) is 20.5 Å². The maximum absolute atomic E-state index is 15.3. The lowest BCUT2D eigenvalue weighted by Crippen LogP contribution is -2.58. The zero-order chi connectivity index (χ0) is 52.5. The summed E-state index contributed by atoms with van der Waals surface area (Å²) in [6, 6.07) is 14.3. The molecule has 6 rings (SSSR count). The Kier molecular flexibility index (Phi) is 18.2. The molecule has 3 atom stereocenters. The zero-order valence-electron chi connectivity index (χ0n) is 40.9. The Balaban J connectivity index is 0.863. The summed E-state index contributed by atoms with van der Waals surface area (Å²) in [7, 11) is 0. The number of aliphatic hydroxyl groups is 1. The first-order valence-electron chi connectivity index (χ1n) is 23.5. The number of unbranched alkanes of at least 4 members (excludes halogenated alkanes) is 2. The van der Waals surface area contributed by atoms with Gasteiger partial charge in [0.05, 0.1) is 51.7 Å². The quantitative estimate of drug-likeness (QED) is 0.0418. The summed E-state index contributed by atoms with van der Waals surface area (Å²) in [5, 5.41) is 25.3. The van der Waals surface area contributed by atoms with Crippen LogP contribution >= 0.6 is 23.6 Å². The molecule has 0 saturated carbocycles. The molecule has 3 N–H and O–H groups in total. The van der Waals surface area contributed by atoms with Crippen LogP contribution in [0.1, 0.15) is 89.1 Å². The number of thiazole rings is 1. The first kappa shape index (κ1) is 55.3. The number of benzene rings is 3. The highest BCUT2D eigenvalue weighted by Gasteiger charge is 2.51. The lowest BCUT2D eigenvalue weighted by Gasteiger charge is -2.35. The van der Waals surface area contributed by atoms with E-state index in [1.54, 1.807) is 16.8 Å². The molecule has 0 aliphatic carbocycles. The average molecular weight is 1040 g/mol. The van der Waals surface area contributed by atoms with Crippen molar-refractivity contribution in [1.29, 1.82) is 5.26 Å². The highest BCUT2D eigenvalue weighted by molar-refractivity contribution is 7.81. The number of carbonyl (C=O) groups excluding carboxylic acids is 4. The van der Waals surface area contributed by atoms with Crippen LogP contribution in [0.5, 0.6) is 5.75 Å². The van der Waals surface area contributed by atoms with Crippen LogP contribution in [0.2, 0.25) is 0 Å². The van der Waals surface area contributed by atoms with E-state index in [1.165, 1.54) is 47.9 Å². The number of likely N-dealkylation sites (tertiary alicyclic amines) is 1. The molecule has 4 amide bonds. The lowest BCUT2D eigenvalue weighted by molar-refractivity contribution is -0.144. The van der Waals surface area contributed by atoms with E-state index in [-0.39, 0.29) is 61.6 Å². The number of aryl methyl sites for hydroxylation is 1. The van der Waals surface area contributed by atoms with E-state index in [9.17, 15) is 42.7 Å². The number of ether oxygens (including phenoxy) is 3. The predicted molar refractivity (Wildman–Crippen MR) is 266 cm³/mol. The Morgan fingerprint density at radius 2 is 1.62 bits per heavy atom. The number of aromatic nitrogens is 1. The van der Waals surface area contributed by atoms with Crippen LogP contribution in [0.3, 0.4) is 0 Å². The third kappa shape index (κ3) is 13.3. The van der Waals surface area contributed by atoms with Gasteiger partial charge < -0.3 is 39.8 Å². The molecular formula is C51H59F4N7O8S2. The zero-order valence-corrected chi connectivity index (χ0v) is 42.6. The molecule has 386 valence electrons. The van der Waals surface area contributed by atoms with Crippen LogP contribution < -0.4 is 25.2 Å². The van der Waals surface area contributed by atoms with Crippen LogP contribution in [0, 0.1) is 29.5 Å². The molecule has 2 saturated heterocycles. The molecule has 0 unspecified atom stereocenters. The van der Waals surface area contributed by atoms with Crippen molar-refractivity contribution in [3.05, 3.63) is 94.4 Å². The molecule has 0 radical (unpaired) electrons. The fourth-order valence-corrected chi connectivity index (χ4v) is 9.69. The minimum atomic E-state index is -4.85. The highest BCUT2D eigenvalue weighted by atomic mass is 32.1. The van der Waals surface area contributed by atoms with Gasteiger partial charge in [-0.3, -0.25) is 24.1 Å². The SMILES string of the molecule is Cc1ncsc1-c1ccc(CNC(=O)[C@@H]2C[C@@H](O)CN2C(=O)[C@@H](NC(=O)COCCCCOCCCCOc2ccc(N3C(=S)N(c4ccc(C#N)c(C(F)(F)F)c4)C(=O)C3(C)C)cc2F)C(C)(C)C)cc1. The molecule has 21 heteroatoms. The fraction of sp³-hybridized carbons (Fsp3) is 0.471. The van der Waals surface area contributed by atoms with E-state index in [4.69, 9.17) is 26.4 Å². The van der Waals surface area contributed by atoms with Crippen LogP contribution in [-0.2, 0) is 41.4 Å². The van der Waals surface area contributed by atoms with E-state index in [1.807, 2.05) is 52.0 Å². The molecule has 15 nitrogen and oxygen atoms in total. The number of anilines is 2. The monoisotopic (exact) mass is 1040 g/mol. The molecule has 2 fully saturated rings. The predicted octanol–water partition coefficient (Wildman–Crippen LogP) is 7.85. The molecule has 1 aromatic heterocycles. The number of nitrogens with zero attached hydrogens (tertiary/aromatic N) is 5. The Morgan fingerprint density at radius 1 is 0.972 bits per heavy atom. The number of thiocarbonyl (C=S) groups is 1. The van der Waals surface area contributed by atoms with Crippen molar-refractivity contribution in [3.63, 3.8) is 0 Å². The molecule has 0 spiro atoms. The van der Waals surface area contributed by atoms with Gasteiger partial charge >= 0.3 is 6.18 Å². The van der Waals surface area contributed by atoms with Crippen molar-refractivity contribution in [2.75, 3.05) is 49.4 Å². The first-order valence-corrected chi connectivity index (χ1v) is 24.7. The second-order valence-corrected chi connectivity index (χ2v) is 20.4. The summed E-state index contributed by atoms with van der Waals surface area (Å²) >= 11 is 7.10. The van der Waals surface area contributed by atoms with Crippen LogP contribution in [0.25, 0.3) is 10.4 Å². The van der Waals surface area contributed by atoms with E-state index in [0.29, 0.717) is 45.0 Å². The number of rotatable bonds is 21. The number of hydrogen-bond donors (Lipinski definition) is 3. The van der Waals surface area contributed by atoms with Gasteiger partial charge in [0.1, 0.15) is 24.2 Å². The number of halogens is 4. The van der Waals surface area contributed by atoms with Crippen molar-refractivity contribution in [3.8, 4) is 22.3 Å². The molecule has 72 heavy (non-hydrogen) atoms. The number of nitriles is 1. The Morgan fingerprint density at radius 3 is 2.24 bits per heavy atom. The number of hydrogen-bond acceptors (Lipinski definition) is 12. The number of amides is 4. The van der Waals surface area contributed by atoms with E-state index < -0.39 is 75.9 Å². The summed E-state index contributed by atoms with van der Waals surface area (Å²) in [4.78, 5) is 62.9. The molecule has 2 aliphatic rings. The van der Waals surface area contributed by atoms with Gasteiger partial charge in [-0.1, -0.05) is 45.0 Å². The standard InChI is InChI=1S/C51H59F4N7O8S2/c1-31-43(72-30-58-31)33-13-11-32(12-14-33)27-57-45(65)40-25-37(63)28-60(40)46(66)44(49(2,3)4)59-42(64)29-69-21-8-7-19-68-20-9-10-22-70-41-18-17-36(24-39(41)52)62-48(71)61(47(67)50(62,5)6)35-16-15-34(26-56)38(23-35)51(53,54)55/h11-18,23-24,30,37,40,44,63H,7-10,19-22,25,27-29H2,1-6H3,(H,57,65)(H,59,64)/t37-,40+,44-/m1/s1. The molecule has 0 bridgehead atoms. The Bertz CT molecular complexity index is 2650. The average Bonchev–Trinajstić information content (AvgIpc) is 3.99. The van der Waals surface area contributed by atoms with Gasteiger partial charge in [-0.05, 0) is 106 Å². The number of aliphatic hydroxyl groups excluding tert-OH is 1. The molecule has 3 heterocycles. The first-order chi connectivity index (χ1) is 34.0. The maximum atomic E-state index is 15.3. The summed E-state index contributed by atoms with van der Waals surface area (Å²) < 4.78 is 73.4. The van der Waals surface area contributed by atoms with E-state index in [0.717, 1.165) is 38.7 Å². The Labute approximate surface area is 425 Å². The highest BCUT2D eigenvalue weighted by Crippen LogP contribution is 2.40. The van der Waals surface area contributed by atoms with Gasteiger partial charge in [-0.15, -0.1) is 11.3 Å². The van der Waals surface area contributed by atoms with E-state index in [2.05, 4.69) is 15.6 Å². The van der Waals surface area contributed by atoms with Crippen LogP contribution in [0.15, 0.2) is 66.2 Å². The molecule has 4 aromatic rings. The maximum Gasteiger partial charge on any atom is 0.417 e. The van der Waals surface area contributed by atoms with Gasteiger partial charge in [0, 0.05) is 51.1 Å². The van der Waals surface area contributed by atoms with Crippen LogP contribution in [0.4, 0.5) is 28.9 Å². The largest absolute Gasteiger partial charge is 0.491 e. The third-order valence-corrected chi connectivity index (χ3v) is 13.6. The van der Waals surface area contributed by atoms with Crippen molar-refractivity contribution in [2.24, 2.45) is 5.41 Å². The number of β-amino-alcohol motifs (C(OH)–C–C–N with tert-alkyl or cyclic N) is 1. The summed E-state index contributed by atoms with van der Waals surface area (Å²) in [5.74, 6) is -2.77. The van der Waals surface area contributed by atoms with Gasteiger partial charge in [-0.25, -0.2) is 9.37 Å². The minimum Gasteiger partial charge on any atom is -0.491 e. The number of alkyl halides is 3.